The van der Waals surface area contributed by atoms with Crippen LogP contribution in [0, 0.1) is 0 Å². The number of hydrogen-bond acceptors (Lipinski definition) is 2. The van der Waals surface area contributed by atoms with Crippen LogP contribution in [0.4, 0.5) is 0 Å². The number of carbonyl (C=O) groups is 2. The Balaban J connectivity index is 1.87. The Kier molecular flexibility index (Phi) is 3.30. The van der Waals surface area contributed by atoms with Crippen LogP contribution >= 0.6 is 0 Å². The van der Waals surface area contributed by atoms with Crippen molar-refractivity contribution >= 4 is 18.0 Å². The molecule has 0 spiro atoms. The predicted molar refractivity (Wildman–Crippen MR) is 75.5 cm³/mol. The fourth-order valence-corrected chi connectivity index (χ4v) is 3.00. The van der Waals surface area contributed by atoms with Gasteiger partial charge in [-0.1, -0.05) is 18.2 Å². The average Bonchev–Trinajstić information content (AvgIpc) is 2.95. The zero-order chi connectivity index (χ0) is 14.1. The molecule has 1 heterocycles. The first-order valence-electron chi connectivity index (χ1n) is 7.00. The molecule has 0 bridgehead atoms. The molecule has 1 aliphatic heterocycles. The van der Waals surface area contributed by atoms with Crippen LogP contribution in [-0.2, 0) is 11.2 Å². The van der Waals surface area contributed by atoms with Crippen LogP contribution in [0.15, 0.2) is 24.3 Å². The zero-order valence-corrected chi connectivity index (χ0v) is 11.2. The van der Waals surface area contributed by atoms with Gasteiger partial charge in [-0.3, -0.25) is 4.79 Å². The maximum absolute atomic E-state index is 12.5. The van der Waals surface area contributed by atoms with E-state index in [2.05, 4.69) is 12.2 Å². The Labute approximate surface area is 117 Å². The van der Waals surface area contributed by atoms with Gasteiger partial charge in [-0.15, -0.1) is 0 Å². The minimum absolute atomic E-state index is 0.160. The average molecular weight is 271 g/mol. The number of aryl methyl sites for hydroxylation is 1. The normalized spacial score (nSPS) is 20.8. The van der Waals surface area contributed by atoms with Crippen LogP contribution in [-0.4, -0.2) is 34.5 Å². The number of allylic oxidation sites excluding steroid dienone is 1. The molecule has 0 radical (unpaired) electrons. The summed E-state index contributed by atoms with van der Waals surface area (Å²) in [6.07, 6.45) is 7.44. The molecular weight excluding hydrogens is 254 g/mol. The summed E-state index contributed by atoms with van der Waals surface area (Å²) in [5.41, 5.74) is 2.93. The van der Waals surface area contributed by atoms with E-state index in [9.17, 15) is 9.59 Å². The number of carbonyl (C=O) groups excluding carboxylic acids is 1. The van der Waals surface area contributed by atoms with Crippen molar-refractivity contribution in [1.29, 1.82) is 0 Å². The Morgan fingerprint density at radius 3 is 2.95 bits per heavy atom. The molecule has 1 N–H and O–H groups in total. The summed E-state index contributed by atoms with van der Waals surface area (Å²) in [6.45, 7) is 0.535. The predicted octanol–water partition coefficient (Wildman–Crippen LogP) is 2.34. The van der Waals surface area contributed by atoms with Crippen molar-refractivity contribution in [2.24, 2.45) is 0 Å². The van der Waals surface area contributed by atoms with Crippen molar-refractivity contribution in [3.05, 3.63) is 41.0 Å². The van der Waals surface area contributed by atoms with Crippen molar-refractivity contribution in [3.8, 4) is 0 Å². The first kappa shape index (κ1) is 12.9. The van der Waals surface area contributed by atoms with Crippen molar-refractivity contribution in [1.82, 2.24) is 4.90 Å². The van der Waals surface area contributed by atoms with Crippen molar-refractivity contribution < 1.29 is 14.7 Å². The van der Waals surface area contributed by atoms with Gasteiger partial charge >= 0.3 is 5.97 Å². The Morgan fingerprint density at radius 2 is 2.15 bits per heavy atom. The molecule has 104 valence electrons. The number of nitrogens with zero attached hydrogens (tertiary/aromatic N) is 1. The van der Waals surface area contributed by atoms with E-state index in [0.29, 0.717) is 18.5 Å². The molecular formula is C16H17NO3. The molecule has 1 aromatic rings. The lowest BCUT2D eigenvalue weighted by Crippen LogP contribution is -2.40. The maximum atomic E-state index is 12.5. The fourth-order valence-electron chi connectivity index (χ4n) is 3.00. The summed E-state index contributed by atoms with van der Waals surface area (Å²) in [4.78, 5) is 25.2. The summed E-state index contributed by atoms with van der Waals surface area (Å²) < 4.78 is 0. The van der Waals surface area contributed by atoms with E-state index in [1.54, 1.807) is 6.07 Å². The molecule has 1 saturated heterocycles. The minimum Gasteiger partial charge on any atom is -0.480 e. The number of hydrogen-bond donors (Lipinski definition) is 1. The summed E-state index contributed by atoms with van der Waals surface area (Å²) in [5, 5.41) is 9.17. The third kappa shape index (κ3) is 2.22. The number of fused-ring (bicyclic) bond motifs is 1. The Bertz CT molecular complexity index is 591. The quantitative estimate of drug-likeness (QED) is 0.898. The van der Waals surface area contributed by atoms with Crippen LogP contribution in [0.1, 0.15) is 40.7 Å². The van der Waals surface area contributed by atoms with Gasteiger partial charge < -0.3 is 10.0 Å². The fraction of sp³-hybridized carbons (Fsp3) is 0.375. The SMILES string of the molecule is O=C(O)[C@H]1CCCN1C(=O)c1ccc2c(c1)CCC=C2. The molecule has 1 amide bonds. The van der Waals surface area contributed by atoms with Crippen molar-refractivity contribution in [3.63, 3.8) is 0 Å². The summed E-state index contributed by atoms with van der Waals surface area (Å²) in [6, 6.07) is 5.00. The molecule has 4 heteroatoms. The van der Waals surface area contributed by atoms with Gasteiger partial charge in [0.25, 0.3) is 5.91 Å². The van der Waals surface area contributed by atoms with Crippen LogP contribution < -0.4 is 0 Å². The van der Waals surface area contributed by atoms with E-state index in [1.807, 2.05) is 12.1 Å². The van der Waals surface area contributed by atoms with Gasteiger partial charge in [0.2, 0.25) is 0 Å². The number of carboxylic acid groups (broad SMARTS) is 1. The third-order valence-electron chi connectivity index (χ3n) is 4.07. The summed E-state index contributed by atoms with van der Waals surface area (Å²) >= 11 is 0. The van der Waals surface area contributed by atoms with E-state index in [0.717, 1.165) is 24.8 Å². The lowest BCUT2D eigenvalue weighted by molar-refractivity contribution is -0.141. The Hall–Kier alpha value is -2.10. The Morgan fingerprint density at radius 1 is 1.30 bits per heavy atom. The molecule has 0 saturated carbocycles. The zero-order valence-electron chi connectivity index (χ0n) is 11.2. The standard InChI is InChI=1S/C16H17NO3/c18-15(17-9-3-6-14(17)16(19)20)13-8-7-11-4-1-2-5-12(11)10-13/h1,4,7-8,10,14H,2-3,5-6,9H2,(H,19,20)/t14-/m1/s1. The summed E-state index contributed by atoms with van der Waals surface area (Å²) in [5.74, 6) is -1.07. The molecule has 0 aromatic heterocycles. The van der Waals surface area contributed by atoms with Crippen LogP contribution in [0.2, 0.25) is 0 Å². The lowest BCUT2D eigenvalue weighted by atomic mass is 9.95. The van der Waals surface area contributed by atoms with Crippen LogP contribution in [0.25, 0.3) is 6.08 Å². The first-order valence-corrected chi connectivity index (χ1v) is 7.00. The van der Waals surface area contributed by atoms with Gasteiger partial charge in [0.05, 0.1) is 0 Å². The molecule has 3 rings (SSSR count). The summed E-state index contributed by atoms with van der Waals surface area (Å²) in [7, 11) is 0. The highest BCUT2D eigenvalue weighted by atomic mass is 16.4. The van der Waals surface area contributed by atoms with Crippen molar-refractivity contribution in [2.75, 3.05) is 6.54 Å². The largest absolute Gasteiger partial charge is 0.480 e. The molecule has 0 unspecified atom stereocenters. The number of aliphatic carboxylic acids is 1. The second kappa shape index (κ2) is 5.12. The minimum atomic E-state index is -0.906. The molecule has 1 aliphatic carbocycles. The van der Waals surface area contributed by atoms with Gasteiger partial charge in [0.15, 0.2) is 0 Å². The highest BCUT2D eigenvalue weighted by molar-refractivity contribution is 5.97. The number of benzene rings is 1. The van der Waals surface area contributed by atoms with Gasteiger partial charge in [-0.25, -0.2) is 4.79 Å². The van der Waals surface area contributed by atoms with Gasteiger partial charge in [-0.05, 0) is 48.9 Å². The first-order chi connectivity index (χ1) is 9.66. The van der Waals surface area contributed by atoms with Gasteiger partial charge in [-0.2, -0.15) is 0 Å². The highest BCUT2D eigenvalue weighted by Crippen LogP contribution is 2.24. The van der Waals surface area contributed by atoms with E-state index >= 15 is 0 Å². The highest BCUT2D eigenvalue weighted by Gasteiger charge is 2.34. The number of likely N-dealkylation sites (tertiary alicyclic amines) is 1. The van der Waals surface area contributed by atoms with Crippen LogP contribution in [0.5, 0.6) is 0 Å². The molecule has 1 atom stereocenters. The third-order valence-corrected chi connectivity index (χ3v) is 4.07. The van der Waals surface area contributed by atoms with Crippen molar-refractivity contribution in [2.45, 2.75) is 31.7 Å². The van der Waals surface area contributed by atoms with Gasteiger partial charge in [0, 0.05) is 12.1 Å². The smallest absolute Gasteiger partial charge is 0.326 e. The second-order valence-electron chi connectivity index (χ2n) is 5.35. The molecule has 4 nitrogen and oxygen atoms in total. The van der Waals surface area contributed by atoms with E-state index in [-0.39, 0.29) is 5.91 Å². The monoisotopic (exact) mass is 271 g/mol. The van der Waals surface area contributed by atoms with Crippen LogP contribution in [0.3, 0.4) is 0 Å². The van der Waals surface area contributed by atoms with E-state index in [1.165, 1.54) is 10.5 Å². The molecule has 1 fully saturated rings. The lowest BCUT2D eigenvalue weighted by Gasteiger charge is -2.22. The maximum Gasteiger partial charge on any atom is 0.326 e. The number of amides is 1. The topological polar surface area (TPSA) is 57.6 Å². The van der Waals surface area contributed by atoms with E-state index < -0.39 is 12.0 Å². The van der Waals surface area contributed by atoms with Gasteiger partial charge in [0.1, 0.15) is 6.04 Å². The van der Waals surface area contributed by atoms with E-state index in [4.69, 9.17) is 5.11 Å². The molecule has 2 aliphatic rings. The second-order valence-corrected chi connectivity index (χ2v) is 5.35. The number of carboxylic acids is 1. The molecule has 20 heavy (non-hydrogen) atoms. The number of rotatable bonds is 2. The molecule has 1 aromatic carbocycles.